The first-order valence-electron chi connectivity index (χ1n) is 7.98. The number of esters is 1. The number of hydrogen-bond acceptors (Lipinski definition) is 4. The highest BCUT2D eigenvalue weighted by Gasteiger charge is 2.06. The van der Waals surface area contributed by atoms with Crippen LogP contribution >= 0.6 is 0 Å². The standard InChI is InChI=1S/C19H23NO3/c1-2-3-13-20-17-11-9-16(10-12-17)19(21)23-15-14-22-18-7-5-4-6-8-18/h4-12,20H,2-3,13-15H2,1H3. The molecule has 0 saturated carbocycles. The van der Waals surface area contributed by atoms with Gasteiger partial charge in [-0.25, -0.2) is 4.79 Å². The number of rotatable bonds is 9. The fourth-order valence-electron chi connectivity index (χ4n) is 2.03. The van der Waals surface area contributed by atoms with Crippen molar-refractivity contribution in [2.24, 2.45) is 0 Å². The highest BCUT2D eigenvalue weighted by atomic mass is 16.6. The summed E-state index contributed by atoms with van der Waals surface area (Å²) in [5, 5.41) is 3.31. The van der Waals surface area contributed by atoms with E-state index in [4.69, 9.17) is 9.47 Å². The van der Waals surface area contributed by atoms with Crippen LogP contribution in [-0.2, 0) is 4.74 Å². The molecule has 4 heteroatoms. The first kappa shape index (κ1) is 16.9. The molecule has 0 unspecified atom stereocenters. The smallest absolute Gasteiger partial charge is 0.338 e. The topological polar surface area (TPSA) is 47.6 Å². The summed E-state index contributed by atoms with van der Waals surface area (Å²) in [6.07, 6.45) is 2.29. The van der Waals surface area contributed by atoms with E-state index in [1.54, 1.807) is 12.1 Å². The molecule has 0 aromatic heterocycles. The van der Waals surface area contributed by atoms with Crippen molar-refractivity contribution in [3.05, 3.63) is 60.2 Å². The Labute approximate surface area is 137 Å². The molecule has 0 heterocycles. The number of para-hydroxylation sites is 1. The summed E-state index contributed by atoms with van der Waals surface area (Å²) in [5.74, 6) is 0.438. The van der Waals surface area contributed by atoms with Crippen molar-refractivity contribution in [3.63, 3.8) is 0 Å². The van der Waals surface area contributed by atoms with Crippen molar-refractivity contribution in [2.45, 2.75) is 19.8 Å². The van der Waals surface area contributed by atoms with Gasteiger partial charge in [0.1, 0.15) is 19.0 Å². The molecule has 0 aliphatic heterocycles. The molecule has 0 amide bonds. The normalized spacial score (nSPS) is 10.1. The summed E-state index contributed by atoms with van der Waals surface area (Å²) < 4.78 is 10.7. The molecule has 2 aromatic rings. The molecule has 122 valence electrons. The van der Waals surface area contributed by atoms with Gasteiger partial charge in [0.15, 0.2) is 0 Å². The van der Waals surface area contributed by atoms with Crippen LogP contribution in [0.15, 0.2) is 54.6 Å². The Hall–Kier alpha value is -2.49. The third-order valence-electron chi connectivity index (χ3n) is 3.31. The lowest BCUT2D eigenvalue weighted by molar-refractivity contribution is 0.0450. The van der Waals surface area contributed by atoms with Crippen molar-refractivity contribution >= 4 is 11.7 Å². The molecule has 23 heavy (non-hydrogen) atoms. The van der Waals surface area contributed by atoms with E-state index in [0.717, 1.165) is 30.8 Å². The van der Waals surface area contributed by atoms with Gasteiger partial charge in [0, 0.05) is 12.2 Å². The molecule has 0 radical (unpaired) electrons. The van der Waals surface area contributed by atoms with Crippen LogP contribution in [0.4, 0.5) is 5.69 Å². The van der Waals surface area contributed by atoms with Gasteiger partial charge in [-0.15, -0.1) is 0 Å². The highest BCUT2D eigenvalue weighted by Crippen LogP contribution is 2.11. The van der Waals surface area contributed by atoms with E-state index in [2.05, 4.69) is 12.2 Å². The molecule has 2 aromatic carbocycles. The van der Waals surface area contributed by atoms with Crippen LogP contribution in [0.2, 0.25) is 0 Å². The van der Waals surface area contributed by atoms with E-state index in [9.17, 15) is 4.79 Å². The molecule has 0 saturated heterocycles. The first-order chi connectivity index (χ1) is 11.3. The monoisotopic (exact) mass is 313 g/mol. The van der Waals surface area contributed by atoms with Gasteiger partial charge in [0.05, 0.1) is 5.56 Å². The average Bonchev–Trinajstić information content (AvgIpc) is 2.60. The van der Waals surface area contributed by atoms with Crippen LogP contribution in [0.25, 0.3) is 0 Å². The molecule has 2 rings (SSSR count). The molecule has 0 spiro atoms. The molecule has 4 nitrogen and oxygen atoms in total. The maximum atomic E-state index is 11.9. The zero-order chi connectivity index (χ0) is 16.3. The SMILES string of the molecule is CCCCNc1ccc(C(=O)OCCOc2ccccc2)cc1. The second kappa shape index (κ2) is 9.51. The number of benzene rings is 2. The van der Waals surface area contributed by atoms with Gasteiger partial charge in [-0.1, -0.05) is 31.5 Å². The van der Waals surface area contributed by atoms with Gasteiger partial charge in [0.25, 0.3) is 0 Å². The van der Waals surface area contributed by atoms with Crippen LogP contribution < -0.4 is 10.1 Å². The number of ether oxygens (including phenoxy) is 2. The fourth-order valence-corrected chi connectivity index (χ4v) is 2.03. The van der Waals surface area contributed by atoms with Crippen LogP contribution in [0.5, 0.6) is 5.75 Å². The van der Waals surface area contributed by atoms with Gasteiger partial charge < -0.3 is 14.8 Å². The minimum Gasteiger partial charge on any atom is -0.490 e. The first-order valence-corrected chi connectivity index (χ1v) is 7.98. The average molecular weight is 313 g/mol. The van der Waals surface area contributed by atoms with E-state index in [1.807, 2.05) is 42.5 Å². The van der Waals surface area contributed by atoms with E-state index >= 15 is 0 Å². The summed E-state index contributed by atoms with van der Waals surface area (Å²) >= 11 is 0. The summed E-state index contributed by atoms with van der Waals surface area (Å²) in [7, 11) is 0. The Bertz CT molecular complexity index is 581. The molecule has 0 atom stereocenters. The number of anilines is 1. The molecule has 0 bridgehead atoms. The summed E-state index contributed by atoms with van der Waals surface area (Å²) in [5.41, 5.74) is 1.56. The minimum atomic E-state index is -0.332. The maximum absolute atomic E-state index is 11.9. The number of carbonyl (C=O) groups is 1. The van der Waals surface area contributed by atoms with Crippen LogP contribution in [0, 0.1) is 0 Å². The molecular formula is C19H23NO3. The second-order valence-electron chi connectivity index (χ2n) is 5.16. The Morgan fingerprint density at radius 3 is 2.43 bits per heavy atom. The van der Waals surface area contributed by atoms with Gasteiger partial charge in [-0.3, -0.25) is 0 Å². The maximum Gasteiger partial charge on any atom is 0.338 e. The third-order valence-corrected chi connectivity index (χ3v) is 3.31. The second-order valence-corrected chi connectivity index (χ2v) is 5.16. The Kier molecular flexibility index (Phi) is 6.98. The van der Waals surface area contributed by atoms with Gasteiger partial charge in [-0.2, -0.15) is 0 Å². The lowest BCUT2D eigenvalue weighted by Crippen LogP contribution is -2.12. The summed E-state index contributed by atoms with van der Waals surface area (Å²) in [4.78, 5) is 11.9. The van der Waals surface area contributed by atoms with E-state index < -0.39 is 0 Å². The molecule has 0 fully saturated rings. The number of unbranched alkanes of at least 4 members (excludes halogenated alkanes) is 1. The Balaban J connectivity index is 1.70. The van der Waals surface area contributed by atoms with Crippen molar-refractivity contribution in [2.75, 3.05) is 25.1 Å². The van der Waals surface area contributed by atoms with Crippen LogP contribution in [0.3, 0.4) is 0 Å². The van der Waals surface area contributed by atoms with E-state index in [0.29, 0.717) is 12.2 Å². The van der Waals surface area contributed by atoms with Crippen LogP contribution in [0.1, 0.15) is 30.1 Å². The Morgan fingerprint density at radius 2 is 1.74 bits per heavy atom. The summed E-state index contributed by atoms with van der Waals surface area (Å²) in [6, 6.07) is 16.8. The predicted molar refractivity (Wildman–Crippen MR) is 92.1 cm³/mol. The van der Waals surface area contributed by atoms with Gasteiger partial charge in [0.2, 0.25) is 0 Å². The fraction of sp³-hybridized carbons (Fsp3) is 0.316. The molecule has 0 aliphatic rings. The van der Waals surface area contributed by atoms with E-state index in [-0.39, 0.29) is 12.6 Å². The lowest BCUT2D eigenvalue weighted by Gasteiger charge is -2.08. The van der Waals surface area contributed by atoms with E-state index in [1.165, 1.54) is 0 Å². The van der Waals surface area contributed by atoms with Crippen LogP contribution in [-0.4, -0.2) is 25.7 Å². The van der Waals surface area contributed by atoms with Crippen molar-refractivity contribution in [1.82, 2.24) is 0 Å². The minimum absolute atomic E-state index is 0.226. The van der Waals surface area contributed by atoms with Gasteiger partial charge >= 0.3 is 5.97 Å². The highest BCUT2D eigenvalue weighted by molar-refractivity contribution is 5.89. The predicted octanol–water partition coefficient (Wildman–Crippen LogP) is 4.13. The third kappa shape index (κ3) is 6.02. The quantitative estimate of drug-likeness (QED) is 0.558. The Morgan fingerprint density at radius 1 is 1.00 bits per heavy atom. The molecule has 1 N–H and O–H groups in total. The number of carbonyl (C=O) groups excluding carboxylic acids is 1. The molecular weight excluding hydrogens is 290 g/mol. The molecule has 0 aliphatic carbocycles. The zero-order valence-electron chi connectivity index (χ0n) is 13.5. The zero-order valence-corrected chi connectivity index (χ0v) is 13.5. The lowest BCUT2D eigenvalue weighted by atomic mass is 10.2. The summed E-state index contributed by atoms with van der Waals surface area (Å²) in [6.45, 7) is 3.66. The van der Waals surface area contributed by atoms with Crippen molar-refractivity contribution in [3.8, 4) is 5.75 Å². The number of hydrogen-bond donors (Lipinski definition) is 1. The van der Waals surface area contributed by atoms with Crippen molar-refractivity contribution in [1.29, 1.82) is 0 Å². The number of nitrogens with one attached hydrogen (secondary N) is 1. The van der Waals surface area contributed by atoms with Gasteiger partial charge in [-0.05, 0) is 42.8 Å². The largest absolute Gasteiger partial charge is 0.490 e. The van der Waals surface area contributed by atoms with Crippen molar-refractivity contribution < 1.29 is 14.3 Å².